The van der Waals surface area contributed by atoms with Crippen LogP contribution in [0.3, 0.4) is 0 Å². The van der Waals surface area contributed by atoms with Crippen LogP contribution in [0.5, 0.6) is 17.2 Å². The summed E-state index contributed by atoms with van der Waals surface area (Å²) in [5.74, 6) is 1.40. The fourth-order valence-electron chi connectivity index (χ4n) is 3.54. The number of carbonyl (C=O) groups is 1. The van der Waals surface area contributed by atoms with E-state index in [2.05, 4.69) is 0 Å². The average molecular weight is 321 g/mol. The molecule has 0 radical (unpaired) electrons. The number of hydrogen-bond acceptors (Lipinski definition) is 5. The smallest absolute Gasteiger partial charge is 0.303 e. The zero-order valence-corrected chi connectivity index (χ0v) is 13.7. The van der Waals surface area contributed by atoms with Gasteiger partial charge in [0.05, 0.1) is 7.11 Å². The number of rotatable bonds is 5. The third-order valence-corrected chi connectivity index (χ3v) is 4.46. The van der Waals surface area contributed by atoms with Gasteiger partial charge in [-0.3, -0.25) is 4.79 Å². The monoisotopic (exact) mass is 321 g/mol. The quantitative estimate of drug-likeness (QED) is 0.864. The molecule has 23 heavy (non-hydrogen) atoms. The van der Waals surface area contributed by atoms with Gasteiger partial charge < -0.3 is 25.1 Å². The van der Waals surface area contributed by atoms with Gasteiger partial charge in [-0.1, -0.05) is 0 Å². The molecule has 0 bridgehead atoms. The van der Waals surface area contributed by atoms with Crippen molar-refractivity contribution in [3.05, 3.63) is 16.7 Å². The molecule has 0 aromatic heterocycles. The van der Waals surface area contributed by atoms with Crippen molar-refractivity contribution in [3.8, 4) is 17.2 Å². The van der Waals surface area contributed by atoms with E-state index in [0.29, 0.717) is 6.42 Å². The molecule has 3 atom stereocenters. The first-order chi connectivity index (χ1) is 10.9. The second-order valence-electron chi connectivity index (χ2n) is 6.37. The molecule has 3 N–H and O–H groups in total. The van der Waals surface area contributed by atoms with Crippen LogP contribution < -0.4 is 19.9 Å². The van der Waals surface area contributed by atoms with E-state index in [4.69, 9.17) is 25.1 Å². The van der Waals surface area contributed by atoms with Crippen molar-refractivity contribution in [3.63, 3.8) is 0 Å². The maximum Gasteiger partial charge on any atom is 0.303 e. The van der Waals surface area contributed by atoms with E-state index >= 15 is 0 Å². The number of methoxy groups -OCH3 is 1. The fourth-order valence-corrected chi connectivity index (χ4v) is 3.54. The number of fused-ring (bicyclic) bond motifs is 2. The van der Waals surface area contributed by atoms with Crippen molar-refractivity contribution in [2.75, 3.05) is 7.11 Å². The largest absolute Gasteiger partial charge is 0.492 e. The van der Waals surface area contributed by atoms with Crippen molar-refractivity contribution < 1.29 is 24.1 Å². The minimum atomic E-state index is -0.846. The van der Waals surface area contributed by atoms with Gasteiger partial charge in [-0.05, 0) is 20.3 Å². The molecule has 3 unspecified atom stereocenters. The van der Waals surface area contributed by atoms with Crippen LogP contribution in [0.2, 0.25) is 0 Å². The lowest BCUT2D eigenvalue weighted by molar-refractivity contribution is -0.137. The second kappa shape index (κ2) is 5.92. The van der Waals surface area contributed by atoms with Crippen molar-refractivity contribution in [2.45, 2.75) is 57.8 Å². The van der Waals surface area contributed by atoms with E-state index in [-0.39, 0.29) is 18.6 Å². The highest BCUT2D eigenvalue weighted by molar-refractivity contribution is 5.68. The van der Waals surface area contributed by atoms with Crippen LogP contribution >= 0.6 is 0 Å². The third kappa shape index (κ3) is 2.72. The molecule has 3 rings (SSSR count). The number of carboxylic acid groups (broad SMARTS) is 1. The van der Waals surface area contributed by atoms with Gasteiger partial charge in [0.1, 0.15) is 18.0 Å². The van der Waals surface area contributed by atoms with Gasteiger partial charge in [-0.2, -0.15) is 0 Å². The molecule has 2 aliphatic rings. The summed E-state index contributed by atoms with van der Waals surface area (Å²) in [5, 5.41) is 8.93. The van der Waals surface area contributed by atoms with Crippen molar-refractivity contribution >= 4 is 5.97 Å². The highest BCUT2D eigenvalue weighted by Crippen LogP contribution is 2.52. The van der Waals surface area contributed by atoms with E-state index in [0.717, 1.165) is 46.8 Å². The Morgan fingerprint density at radius 3 is 2.48 bits per heavy atom. The number of hydrogen-bond donors (Lipinski definition) is 2. The summed E-state index contributed by atoms with van der Waals surface area (Å²) in [4.78, 5) is 10.9. The van der Waals surface area contributed by atoms with Gasteiger partial charge in [0, 0.05) is 42.0 Å². The molecular formula is C17H23NO5. The molecule has 1 aromatic carbocycles. The summed E-state index contributed by atoms with van der Waals surface area (Å²) < 4.78 is 17.5. The van der Waals surface area contributed by atoms with Crippen LogP contribution in [0.25, 0.3) is 0 Å². The summed E-state index contributed by atoms with van der Waals surface area (Å²) in [6, 6.07) is -0.390. The first kappa shape index (κ1) is 15.9. The van der Waals surface area contributed by atoms with Crippen LogP contribution in [0.1, 0.15) is 49.4 Å². The summed E-state index contributed by atoms with van der Waals surface area (Å²) in [6.45, 7) is 4.00. The van der Waals surface area contributed by atoms with Crippen LogP contribution in [-0.4, -0.2) is 30.4 Å². The molecule has 2 aliphatic heterocycles. The maximum atomic E-state index is 10.9. The Morgan fingerprint density at radius 1 is 1.26 bits per heavy atom. The Labute approximate surface area is 135 Å². The van der Waals surface area contributed by atoms with Gasteiger partial charge >= 0.3 is 5.97 Å². The first-order valence-corrected chi connectivity index (χ1v) is 7.98. The van der Waals surface area contributed by atoms with E-state index < -0.39 is 12.0 Å². The molecule has 6 heteroatoms. The molecule has 0 spiro atoms. The van der Waals surface area contributed by atoms with Gasteiger partial charge in [-0.15, -0.1) is 0 Å². The van der Waals surface area contributed by atoms with Gasteiger partial charge in [0.25, 0.3) is 0 Å². The highest BCUT2D eigenvalue weighted by atomic mass is 16.5. The van der Waals surface area contributed by atoms with Crippen LogP contribution in [-0.2, 0) is 17.6 Å². The number of ether oxygens (including phenoxy) is 3. The van der Waals surface area contributed by atoms with E-state index in [1.165, 1.54) is 0 Å². The normalized spacial score (nSPS) is 22.8. The molecule has 0 saturated carbocycles. The molecular weight excluding hydrogens is 298 g/mol. The molecule has 0 fully saturated rings. The summed E-state index contributed by atoms with van der Waals surface area (Å²) >= 11 is 0. The summed E-state index contributed by atoms with van der Waals surface area (Å²) in [7, 11) is 1.63. The standard InChI is InChI=1S/C17H23NO5/c1-8-6-10-14(12(18)4-5-13(19)20)15-11(7-9(2)22-15)16(21-3)17(10)23-8/h8-9,12H,4-7,18H2,1-3H3,(H,19,20). The number of nitrogens with two attached hydrogens (primary N) is 1. The Hall–Kier alpha value is -1.95. The van der Waals surface area contributed by atoms with E-state index in [1.807, 2.05) is 13.8 Å². The maximum absolute atomic E-state index is 10.9. The first-order valence-electron chi connectivity index (χ1n) is 7.98. The molecule has 0 amide bonds. The average Bonchev–Trinajstić information content (AvgIpc) is 3.03. The van der Waals surface area contributed by atoms with E-state index in [9.17, 15) is 4.79 Å². The van der Waals surface area contributed by atoms with Gasteiger partial charge in [0.2, 0.25) is 0 Å². The van der Waals surface area contributed by atoms with Crippen molar-refractivity contribution in [2.24, 2.45) is 5.73 Å². The minimum absolute atomic E-state index is 0.0305. The molecule has 0 saturated heterocycles. The number of carboxylic acids is 1. The molecule has 0 aliphatic carbocycles. The van der Waals surface area contributed by atoms with Crippen molar-refractivity contribution in [1.82, 2.24) is 0 Å². The minimum Gasteiger partial charge on any atom is -0.492 e. The lowest BCUT2D eigenvalue weighted by atomic mass is 9.90. The highest BCUT2D eigenvalue weighted by Gasteiger charge is 2.38. The van der Waals surface area contributed by atoms with Gasteiger partial charge in [0.15, 0.2) is 11.5 Å². The Bertz CT molecular complexity index is 603. The molecule has 1 aromatic rings. The van der Waals surface area contributed by atoms with Crippen LogP contribution in [0, 0.1) is 0 Å². The lowest BCUT2D eigenvalue weighted by Gasteiger charge is -2.20. The Balaban J connectivity index is 2.10. The summed E-state index contributed by atoms with van der Waals surface area (Å²) in [6.07, 6.45) is 1.96. The topological polar surface area (TPSA) is 91.0 Å². The van der Waals surface area contributed by atoms with Crippen molar-refractivity contribution in [1.29, 1.82) is 0 Å². The number of benzene rings is 1. The third-order valence-electron chi connectivity index (χ3n) is 4.46. The zero-order valence-electron chi connectivity index (χ0n) is 13.7. The molecule has 6 nitrogen and oxygen atoms in total. The fraction of sp³-hybridized carbons (Fsp3) is 0.588. The predicted octanol–water partition coefficient (Wildman–Crippen LogP) is 2.21. The van der Waals surface area contributed by atoms with E-state index in [1.54, 1.807) is 7.11 Å². The predicted molar refractivity (Wildman–Crippen MR) is 84.4 cm³/mol. The zero-order chi connectivity index (χ0) is 16.7. The van der Waals surface area contributed by atoms with Crippen LogP contribution in [0.4, 0.5) is 0 Å². The Kier molecular flexibility index (Phi) is 4.10. The SMILES string of the molecule is COc1c2c(c(C(N)CCC(=O)O)c3c1OC(C)C3)OC(C)C2. The molecule has 2 heterocycles. The Morgan fingerprint density at radius 2 is 1.87 bits per heavy atom. The van der Waals surface area contributed by atoms with Gasteiger partial charge in [-0.25, -0.2) is 0 Å². The second-order valence-corrected chi connectivity index (χ2v) is 6.37. The number of aliphatic carboxylic acids is 1. The van der Waals surface area contributed by atoms with Crippen LogP contribution in [0.15, 0.2) is 0 Å². The lowest BCUT2D eigenvalue weighted by Crippen LogP contribution is -2.16. The molecule has 126 valence electrons. The summed E-state index contributed by atoms with van der Waals surface area (Å²) in [5.41, 5.74) is 9.21.